The van der Waals surface area contributed by atoms with Gasteiger partial charge in [0.05, 0.1) is 27.0 Å². The van der Waals surface area contributed by atoms with Crippen LogP contribution in [0.4, 0.5) is 5.69 Å². The van der Waals surface area contributed by atoms with Crippen molar-refractivity contribution in [3.8, 4) is 0 Å². The summed E-state index contributed by atoms with van der Waals surface area (Å²) in [6, 6.07) is 15.6. The highest BCUT2D eigenvalue weighted by Gasteiger charge is 2.34. The van der Waals surface area contributed by atoms with Gasteiger partial charge in [-0.2, -0.15) is 0 Å². The maximum atomic E-state index is 14.2. The molecule has 7 nitrogen and oxygen atoms in total. The number of unbranched alkanes of at least 4 members (excludes halogenated alkanes) is 1. The standard InChI is InChI=1S/C29H30Cl5N3O4S/c1-3-4-13-35-29(39)27(14-19-9-6-5-7-10-19)36(17-20-21(30)11-8-12-22(20)31)28(38)18-37(42(2,40)41)26-16-24(33)23(32)15-25(26)34/h5-12,15-16,27H,3-4,13-14,17-18H2,1-2H3,(H,35,39)/t27-/m1/s1. The number of sulfonamides is 1. The number of halogens is 5. The van der Waals surface area contributed by atoms with E-state index in [0.717, 1.165) is 29.0 Å². The number of benzene rings is 3. The van der Waals surface area contributed by atoms with Gasteiger partial charge in [-0.25, -0.2) is 8.42 Å². The first kappa shape index (κ1) is 34.3. The fourth-order valence-corrected chi connectivity index (χ4v) is 6.28. The molecule has 0 spiro atoms. The third-order valence-electron chi connectivity index (χ3n) is 6.43. The Hall–Kier alpha value is -2.20. The highest BCUT2D eigenvalue weighted by Crippen LogP contribution is 2.36. The number of hydrogen-bond donors (Lipinski definition) is 1. The van der Waals surface area contributed by atoms with E-state index in [1.54, 1.807) is 18.2 Å². The third kappa shape index (κ3) is 9.15. The lowest BCUT2D eigenvalue weighted by molar-refractivity contribution is -0.140. The van der Waals surface area contributed by atoms with E-state index in [9.17, 15) is 18.0 Å². The zero-order valence-electron chi connectivity index (χ0n) is 22.9. The molecule has 0 saturated carbocycles. The molecule has 0 saturated heterocycles. The third-order valence-corrected chi connectivity index (χ3v) is 9.29. The number of nitrogens with one attached hydrogen (secondary N) is 1. The van der Waals surface area contributed by atoms with Crippen LogP contribution in [0.3, 0.4) is 0 Å². The molecule has 1 atom stereocenters. The Labute approximate surface area is 271 Å². The molecule has 3 rings (SSSR count). The first-order chi connectivity index (χ1) is 19.8. The van der Waals surface area contributed by atoms with Gasteiger partial charge in [0.15, 0.2) is 0 Å². The summed E-state index contributed by atoms with van der Waals surface area (Å²) in [5.41, 5.74) is 1.17. The maximum Gasteiger partial charge on any atom is 0.244 e. The van der Waals surface area contributed by atoms with Crippen molar-refractivity contribution in [3.05, 3.63) is 96.9 Å². The summed E-state index contributed by atoms with van der Waals surface area (Å²) in [5.74, 6) is -1.09. The van der Waals surface area contributed by atoms with Gasteiger partial charge in [-0.05, 0) is 36.2 Å². The van der Waals surface area contributed by atoms with Crippen LogP contribution in [0.5, 0.6) is 0 Å². The van der Waals surface area contributed by atoms with E-state index < -0.39 is 34.4 Å². The minimum atomic E-state index is -4.06. The van der Waals surface area contributed by atoms with Crippen molar-refractivity contribution in [3.63, 3.8) is 0 Å². The van der Waals surface area contributed by atoms with Crippen molar-refractivity contribution < 1.29 is 18.0 Å². The van der Waals surface area contributed by atoms with E-state index in [2.05, 4.69) is 5.32 Å². The smallest absolute Gasteiger partial charge is 0.244 e. The molecule has 0 fully saturated rings. The van der Waals surface area contributed by atoms with E-state index in [0.29, 0.717) is 12.1 Å². The van der Waals surface area contributed by atoms with Crippen molar-refractivity contribution in [1.82, 2.24) is 10.2 Å². The zero-order valence-corrected chi connectivity index (χ0v) is 27.5. The molecule has 226 valence electrons. The second-order valence-corrected chi connectivity index (χ2v) is 13.5. The number of carbonyl (C=O) groups excluding carboxylic acids is 2. The summed E-state index contributed by atoms with van der Waals surface area (Å²) in [6.07, 6.45) is 2.69. The molecule has 0 aromatic heterocycles. The Morgan fingerprint density at radius 3 is 2.07 bits per heavy atom. The molecule has 0 radical (unpaired) electrons. The zero-order chi connectivity index (χ0) is 31.0. The van der Waals surface area contributed by atoms with Gasteiger partial charge in [0.25, 0.3) is 0 Å². The first-order valence-corrected chi connectivity index (χ1v) is 16.7. The van der Waals surface area contributed by atoms with Crippen LogP contribution in [0, 0.1) is 0 Å². The number of carbonyl (C=O) groups is 2. The molecule has 0 aliphatic heterocycles. The van der Waals surface area contributed by atoms with Crippen LogP contribution < -0.4 is 9.62 Å². The number of rotatable bonds is 13. The molecule has 0 unspecified atom stereocenters. The predicted octanol–water partition coefficient (Wildman–Crippen LogP) is 7.28. The molecule has 3 aromatic carbocycles. The van der Waals surface area contributed by atoms with Crippen molar-refractivity contribution >= 4 is 85.5 Å². The SMILES string of the molecule is CCCCNC(=O)[C@@H](Cc1ccccc1)N(Cc1c(Cl)cccc1Cl)C(=O)CN(c1cc(Cl)c(Cl)cc1Cl)S(C)(=O)=O. The van der Waals surface area contributed by atoms with Gasteiger partial charge in [-0.15, -0.1) is 0 Å². The average Bonchev–Trinajstić information content (AvgIpc) is 2.93. The van der Waals surface area contributed by atoms with E-state index >= 15 is 0 Å². The Morgan fingerprint density at radius 2 is 1.48 bits per heavy atom. The number of hydrogen-bond acceptors (Lipinski definition) is 4. The Morgan fingerprint density at radius 1 is 0.857 bits per heavy atom. The van der Waals surface area contributed by atoms with Crippen LogP contribution >= 0.6 is 58.0 Å². The predicted molar refractivity (Wildman–Crippen MR) is 173 cm³/mol. The van der Waals surface area contributed by atoms with Gasteiger partial charge in [0, 0.05) is 35.1 Å². The van der Waals surface area contributed by atoms with Crippen molar-refractivity contribution in [2.24, 2.45) is 0 Å². The van der Waals surface area contributed by atoms with E-state index in [1.807, 2.05) is 37.3 Å². The molecule has 1 N–H and O–H groups in total. The highest BCUT2D eigenvalue weighted by atomic mass is 35.5. The molecule has 0 aliphatic rings. The summed E-state index contributed by atoms with van der Waals surface area (Å²) < 4.78 is 26.8. The average molecular weight is 694 g/mol. The number of amides is 2. The molecular weight excluding hydrogens is 664 g/mol. The van der Waals surface area contributed by atoms with Crippen LogP contribution in [-0.4, -0.2) is 50.5 Å². The molecule has 13 heteroatoms. The van der Waals surface area contributed by atoms with Crippen LogP contribution in [0.1, 0.15) is 30.9 Å². The first-order valence-electron chi connectivity index (χ1n) is 13.0. The Bertz CT molecular complexity index is 1500. The van der Waals surface area contributed by atoms with Crippen LogP contribution in [0.25, 0.3) is 0 Å². The van der Waals surface area contributed by atoms with E-state index in [1.165, 1.54) is 17.0 Å². The van der Waals surface area contributed by atoms with Crippen LogP contribution in [-0.2, 0) is 32.6 Å². The summed E-state index contributed by atoms with van der Waals surface area (Å²) in [7, 11) is -4.06. The highest BCUT2D eigenvalue weighted by molar-refractivity contribution is 7.92. The molecule has 0 bridgehead atoms. The van der Waals surface area contributed by atoms with Crippen molar-refractivity contribution in [2.75, 3.05) is 23.7 Å². The van der Waals surface area contributed by atoms with E-state index in [4.69, 9.17) is 58.0 Å². The lowest BCUT2D eigenvalue weighted by Gasteiger charge is -2.34. The normalized spacial score (nSPS) is 12.1. The molecule has 42 heavy (non-hydrogen) atoms. The number of anilines is 1. The topological polar surface area (TPSA) is 86.8 Å². The van der Waals surface area contributed by atoms with Gasteiger partial charge in [-0.1, -0.05) is 108 Å². The minimum Gasteiger partial charge on any atom is -0.354 e. The lowest BCUT2D eigenvalue weighted by atomic mass is 10.0. The Kier molecular flexibility index (Phi) is 12.7. The van der Waals surface area contributed by atoms with Gasteiger partial charge in [0.2, 0.25) is 21.8 Å². The molecule has 3 aromatic rings. The Balaban J connectivity index is 2.12. The molecule has 0 aliphatic carbocycles. The summed E-state index contributed by atoms with van der Waals surface area (Å²) in [6.45, 7) is 1.55. The van der Waals surface area contributed by atoms with Gasteiger partial charge in [0.1, 0.15) is 12.6 Å². The number of nitrogens with zero attached hydrogens (tertiary/aromatic N) is 2. The molecule has 0 heterocycles. The van der Waals surface area contributed by atoms with Gasteiger partial charge < -0.3 is 10.2 Å². The van der Waals surface area contributed by atoms with Crippen molar-refractivity contribution in [1.29, 1.82) is 0 Å². The largest absolute Gasteiger partial charge is 0.354 e. The van der Waals surface area contributed by atoms with Crippen molar-refractivity contribution in [2.45, 2.75) is 38.8 Å². The lowest BCUT2D eigenvalue weighted by Crippen LogP contribution is -2.53. The van der Waals surface area contributed by atoms with Crippen LogP contribution in [0.2, 0.25) is 25.1 Å². The second-order valence-electron chi connectivity index (χ2n) is 9.56. The summed E-state index contributed by atoms with van der Waals surface area (Å²) in [4.78, 5) is 29.1. The van der Waals surface area contributed by atoms with E-state index in [-0.39, 0.29) is 43.8 Å². The minimum absolute atomic E-state index is 0.0264. The molecule has 2 amide bonds. The summed E-state index contributed by atoms with van der Waals surface area (Å²) in [5, 5.41) is 3.63. The maximum absolute atomic E-state index is 14.2. The van der Waals surface area contributed by atoms with Gasteiger partial charge >= 0.3 is 0 Å². The monoisotopic (exact) mass is 691 g/mol. The molecular formula is C29H30Cl5N3O4S. The van der Waals surface area contributed by atoms with Crippen LogP contribution in [0.15, 0.2) is 60.7 Å². The van der Waals surface area contributed by atoms with Gasteiger partial charge in [-0.3, -0.25) is 13.9 Å². The second kappa shape index (κ2) is 15.5. The fraction of sp³-hybridized carbons (Fsp3) is 0.310. The quantitative estimate of drug-likeness (QED) is 0.151. The summed E-state index contributed by atoms with van der Waals surface area (Å²) >= 11 is 31.5. The fourth-order valence-electron chi connectivity index (χ4n) is 4.21.